The number of amides is 5. The van der Waals surface area contributed by atoms with E-state index in [2.05, 4.69) is 26.6 Å². The number of benzene rings is 2. The fourth-order valence-electron chi connectivity index (χ4n) is 6.75. The standard InChI is InChI=1S/C40H65N11O7/c1-23(34(53)21-44)36-40(58)50-32(17-24-6-2-7-25(16-24)26-11-12-33(52)27(18-26)19-30(46)37(55)51-36)39(57)49-31(10-5-15-43)38(56)48-29(9-4-14-42)20-35(54)47-22-28(45)8-3-13-41/h2,6-7,11-12,16,18,23,28-32,34,36,52-53H,3-5,8-10,13-15,17,19-22,41-46H2,1H3,(H,47,54)(H,48,56)(H,49,57)(H,50,58)(H,51,55)/t23-,28-,29-,30?,31-,32-,34-,36-/m0/s1. The summed E-state index contributed by atoms with van der Waals surface area (Å²) < 4.78 is 0. The molecule has 0 saturated heterocycles. The summed E-state index contributed by atoms with van der Waals surface area (Å²) in [4.78, 5) is 68.6. The van der Waals surface area contributed by atoms with Crippen molar-refractivity contribution >= 4 is 29.5 Å². The average molecular weight is 812 g/mol. The van der Waals surface area contributed by atoms with Crippen LogP contribution in [0.3, 0.4) is 0 Å². The van der Waals surface area contributed by atoms with Crippen molar-refractivity contribution in [2.24, 2.45) is 40.3 Å². The van der Waals surface area contributed by atoms with Crippen molar-refractivity contribution in [1.29, 1.82) is 0 Å². The smallest absolute Gasteiger partial charge is 0.243 e. The fourth-order valence-corrected chi connectivity index (χ4v) is 6.75. The van der Waals surface area contributed by atoms with Gasteiger partial charge in [0.1, 0.15) is 23.9 Å². The van der Waals surface area contributed by atoms with E-state index in [9.17, 15) is 34.2 Å². The van der Waals surface area contributed by atoms with E-state index in [0.29, 0.717) is 55.5 Å². The Balaban J connectivity index is 1.96. The molecular formula is C40H65N11O7. The Morgan fingerprint density at radius 3 is 2.22 bits per heavy atom. The molecule has 1 aliphatic heterocycles. The van der Waals surface area contributed by atoms with Crippen LogP contribution in [0.25, 0.3) is 11.1 Å². The molecule has 0 radical (unpaired) electrons. The second-order valence-corrected chi connectivity index (χ2v) is 15.1. The van der Waals surface area contributed by atoms with E-state index in [4.69, 9.17) is 34.4 Å². The Morgan fingerprint density at radius 1 is 0.862 bits per heavy atom. The predicted octanol–water partition coefficient (Wildman–Crippen LogP) is -2.57. The fraction of sp³-hybridized carbons (Fsp3) is 0.575. The molecule has 1 heterocycles. The van der Waals surface area contributed by atoms with Crippen LogP contribution in [-0.2, 0) is 36.8 Å². The lowest BCUT2D eigenvalue weighted by molar-refractivity contribution is -0.135. The lowest BCUT2D eigenvalue weighted by Crippen LogP contribution is -2.61. The molecular weight excluding hydrogens is 747 g/mol. The number of aliphatic hydroxyl groups is 1. The van der Waals surface area contributed by atoms with E-state index in [1.54, 1.807) is 24.3 Å². The van der Waals surface area contributed by atoms with Crippen LogP contribution in [-0.4, -0.2) is 115 Å². The van der Waals surface area contributed by atoms with Crippen molar-refractivity contribution < 1.29 is 34.2 Å². The van der Waals surface area contributed by atoms with Gasteiger partial charge in [-0.25, -0.2) is 0 Å². The molecule has 58 heavy (non-hydrogen) atoms. The molecule has 5 amide bonds. The molecule has 2 aromatic rings. The van der Waals surface area contributed by atoms with Gasteiger partial charge >= 0.3 is 0 Å². The summed E-state index contributed by atoms with van der Waals surface area (Å²) in [6.45, 7) is 2.60. The van der Waals surface area contributed by atoms with E-state index >= 15 is 0 Å². The SMILES string of the molecule is C[C@H]([C@@H]1NC(=O)C(N)Cc2cc(ccc2O)-c2cccc(c2)C[C@@H](C(=O)N[C@@H](CCCN)C(=O)N[C@@H](CCCN)CC(=O)NC[C@@H](N)CCCN)NC1=O)[C@@H](O)CN. The van der Waals surface area contributed by atoms with Crippen LogP contribution >= 0.6 is 0 Å². The summed E-state index contributed by atoms with van der Waals surface area (Å²) in [5.74, 6) is -4.09. The average Bonchev–Trinajstić information content (AvgIpc) is 3.21. The highest BCUT2D eigenvalue weighted by atomic mass is 16.3. The summed E-state index contributed by atoms with van der Waals surface area (Å²) in [7, 11) is 0. The first-order chi connectivity index (χ1) is 27.7. The quantitative estimate of drug-likeness (QED) is 0.0655. The monoisotopic (exact) mass is 812 g/mol. The maximum Gasteiger partial charge on any atom is 0.243 e. The number of fused-ring (bicyclic) bond motifs is 5. The van der Waals surface area contributed by atoms with Crippen molar-refractivity contribution in [3.8, 4) is 16.9 Å². The van der Waals surface area contributed by atoms with Crippen molar-refractivity contribution in [2.75, 3.05) is 32.7 Å². The highest BCUT2D eigenvalue weighted by Crippen LogP contribution is 2.28. The third kappa shape index (κ3) is 14.9. The third-order valence-corrected chi connectivity index (χ3v) is 10.3. The highest BCUT2D eigenvalue weighted by molar-refractivity contribution is 5.95. The minimum atomic E-state index is -1.38. The molecule has 1 aliphatic rings. The van der Waals surface area contributed by atoms with Gasteiger partial charge in [0.25, 0.3) is 0 Å². The van der Waals surface area contributed by atoms with Gasteiger partial charge < -0.3 is 71.2 Å². The number of carbonyl (C=O) groups excluding carboxylic acids is 5. The zero-order valence-electron chi connectivity index (χ0n) is 33.5. The minimum Gasteiger partial charge on any atom is -0.508 e. The number of nitrogens with one attached hydrogen (secondary N) is 5. The Hall–Kier alpha value is -4.69. The maximum atomic E-state index is 14.3. The summed E-state index contributed by atoms with van der Waals surface area (Å²) in [6, 6.07) is 6.33. The second kappa shape index (κ2) is 24.3. The topological polar surface area (TPSA) is 342 Å². The summed E-state index contributed by atoms with van der Waals surface area (Å²) in [5, 5.41) is 35.2. The van der Waals surface area contributed by atoms with Crippen LogP contribution in [0.2, 0.25) is 0 Å². The minimum absolute atomic E-state index is 0.0394. The van der Waals surface area contributed by atoms with Crippen molar-refractivity contribution in [1.82, 2.24) is 26.6 Å². The van der Waals surface area contributed by atoms with Gasteiger partial charge in [-0.2, -0.15) is 0 Å². The zero-order chi connectivity index (χ0) is 42.8. The molecule has 4 bridgehead atoms. The molecule has 0 aromatic heterocycles. The lowest BCUT2D eigenvalue weighted by atomic mass is 9.93. The molecule has 18 heteroatoms. The van der Waals surface area contributed by atoms with E-state index < -0.39 is 65.9 Å². The van der Waals surface area contributed by atoms with Crippen LogP contribution in [0.15, 0.2) is 42.5 Å². The highest BCUT2D eigenvalue weighted by Gasteiger charge is 2.36. The molecule has 0 fully saturated rings. The molecule has 0 spiro atoms. The molecule has 322 valence electrons. The number of hydrogen-bond acceptors (Lipinski definition) is 13. The number of hydrogen-bond donors (Lipinski definition) is 13. The number of carbonyl (C=O) groups is 5. The van der Waals surface area contributed by atoms with Crippen LogP contribution in [0.1, 0.15) is 63.0 Å². The van der Waals surface area contributed by atoms with Gasteiger partial charge in [-0.1, -0.05) is 37.3 Å². The van der Waals surface area contributed by atoms with Crippen molar-refractivity contribution in [3.63, 3.8) is 0 Å². The van der Waals surface area contributed by atoms with E-state index in [0.717, 1.165) is 12.0 Å². The van der Waals surface area contributed by atoms with Gasteiger partial charge in [-0.05, 0) is 92.5 Å². The van der Waals surface area contributed by atoms with Gasteiger partial charge in [-0.3, -0.25) is 24.0 Å². The van der Waals surface area contributed by atoms with Gasteiger partial charge in [0.15, 0.2) is 0 Å². The largest absolute Gasteiger partial charge is 0.508 e. The normalized spacial score (nSPS) is 19.8. The molecule has 3 rings (SSSR count). The number of aromatic hydroxyl groups is 1. The van der Waals surface area contributed by atoms with Crippen molar-refractivity contribution in [3.05, 3.63) is 53.6 Å². The predicted molar refractivity (Wildman–Crippen MR) is 221 cm³/mol. The van der Waals surface area contributed by atoms with Gasteiger partial charge in [0.05, 0.1) is 12.1 Å². The van der Waals surface area contributed by atoms with Crippen LogP contribution in [0, 0.1) is 5.92 Å². The Kier molecular flexibility index (Phi) is 20.0. The zero-order valence-corrected chi connectivity index (χ0v) is 33.5. The molecule has 0 saturated carbocycles. The number of rotatable bonds is 20. The molecule has 2 aromatic carbocycles. The third-order valence-electron chi connectivity index (χ3n) is 10.3. The van der Waals surface area contributed by atoms with Gasteiger partial charge in [0, 0.05) is 50.4 Å². The van der Waals surface area contributed by atoms with Crippen LogP contribution in [0.5, 0.6) is 5.75 Å². The summed E-state index contributed by atoms with van der Waals surface area (Å²) >= 11 is 0. The molecule has 18 nitrogen and oxygen atoms in total. The Morgan fingerprint density at radius 2 is 1.53 bits per heavy atom. The molecule has 0 aliphatic carbocycles. The second-order valence-electron chi connectivity index (χ2n) is 15.1. The number of aliphatic hydroxyl groups excluding tert-OH is 1. The van der Waals surface area contributed by atoms with E-state index in [1.165, 1.54) is 13.0 Å². The van der Waals surface area contributed by atoms with Crippen molar-refractivity contribution in [2.45, 2.75) is 107 Å². The van der Waals surface area contributed by atoms with E-state index in [1.807, 2.05) is 12.1 Å². The maximum absolute atomic E-state index is 14.3. The molecule has 1 unspecified atom stereocenters. The van der Waals surface area contributed by atoms with Gasteiger partial charge in [0.2, 0.25) is 29.5 Å². The summed E-state index contributed by atoms with van der Waals surface area (Å²) in [5.41, 5.74) is 37.7. The summed E-state index contributed by atoms with van der Waals surface area (Å²) in [6.07, 6.45) is 1.44. The molecule has 19 N–H and O–H groups in total. The first-order valence-electron chi connectivity index (χ1n) is 20.1. The first kappa shape index (κ1) is 47.7. The number of nitrogens with two attached hydrogens (primary N) is 6. The molecule has 8 atom stereocenters. The lowest BCUT2D eigenvalue weighted by Gasteiger charge is -2.30. The van der Waals surface area contributed by atoms with Crippen LogP contribution in [0.4, 0.5) is 0 Å². The Labute approximate surface area is 340 Å². The number of phenols is 1. The first-order valence-corrected chi connectivity index (χ1v) is 20.1. The number of phenolic OH excluding ortho intramolecular Hbond substituents is 1. The van der Waals surface area contributed by atoms with Gasteiger partial charge in [-0.15, -0.1) is 0 Å². The van der Waals surface area contributed by atoms with Crippen LogP contribution < -0.4 is 61.0 Å². The van der Waals surface area contributed by atoms with E-state index in [-0.39, 0.29) is 63.0 Å². The Bertz CT molecular complexity index is 1660.